The predicted octanol–water partition coefficient (Wildman–Crippen LogP) is 2.40. The van der Waals surface area contributed by atoms with Crippen molar-refractivity contribution in [2.24, 2.45) is 5.92 Å². The minimum atomic E-state index is -0.882. The predicted molar refractivity (Wildman–Crippen MR) is 66.4 cm³/mol. The van der Waals surface area contributed by atoms with Gasteiger partial charge in [-0.25, -0.2) is 4.79 Å². The molecular formula is C13H18N2O2. The molecule has 4 heteroatoms. The molecule has 1 fully saturated rings. The summed E-state index contributed by atoms with van der Waals surface area (Å²) in [7, 11) is 0. The van der Waals surface area contributed by atoms with Crippen LogP contribution in [0.5, 0.6) is 0 Å². The zero-order valence-corrected chi connectivity index (χ0v) is 10.3. The Kier molecular flexibility index (Phi) is 3.31. The molecule has 0 radical (unpaired) electrons. The normalized spacial score (nSPS) is 24.7. The number of hydrogen-bond acceptors (Lipinski definition) is 3. The van der Waals surface area contributed by atoms with Crippen LogP contribution in [0.2, 0.25) is 0 Å². The average Bonchev–Trinajstić information content (AvgIpc) is 2.33. The molecule has 4 nitrogen and oxygen atoms in total. The first kappa shape index (κ1) is 11.9. The first-order chi connectivity index (χ1) is 8.11. The van der Waals surface area contributed by atoms with Crippen molar-refractivity contribution in [3.8, 4) is 0 Å². The van der Waals surface area contributed by atoms with Crippen LogP contribution in [0.25, 0.3) is 0 Å². The molecule has 2 heterocycles. The van der Waals surface area contributed by atoms with Gasteiger partial charge in [-0.2, -0.15) is 0 Å². The van der Waals surface area contributed by atoms with Crippen molar-refractivity contribution in [3.63, 3.8) is 0 Å². The number of nitrogens with zero attached hydrogens (tertiary/aromatic N) is 2. The van der Waals surface area contributed by atoms with Crippen molar-refractivity contribution in [2.45, 2.75) is 32.7 Å². The molecule has 1 N–H and O–H groups in total. The van der Waals surface area contributed by atoms with Gasteiger partial charge in [0.25, 0.3) is 0 Å². The fourth-order valence-electron chi connectivity index (χ4n) is 2.47. The summed E-state index contributed by atoms with van der Waals surface area (Å²) in [5.74, 6) is -0.293. The maximum atomic E-state index is 11.2. The van der Waals surface area contributed by atoms with Crippen LogP contribution in [-0.4, -0.2) is 28.6 Å². The van der Waals surface area contributed by atoms with E-state index in [1.54, 1.807) is 12.3 Å². The molecule has 1 aromatic rings. The van der Waals surface area contributed by atoms with Gasteiger partial charge in [-0.1, -0.05) is 6.92 Å². The fraction of sp³-hybridized carbons (Fsp3) is 0.538. The van der Waals surface area contributed by atoms with Crippen LogP contribution >= 0.6 is 0 Å². The summed E-state index contributed by atoms with van der Waals surface area (Å²) in [6, 6.07) is 1.94. The number of pyridine rings is 1. The second kappa shape index (κ2) is 4.73. The fourth-order valence-corrected chi connectivity index (χ4v) is 2.47. The number of hydrogen-bond donors (Lipinski definition) is 1. The number of rotatable bonds is 2. The second-order valence-electron chi connectivity index (χ2n) is 4.75. The highest BCUT2D eigenvalue weighted by molar-refractivity contribution is 5.94. The zero-order valence-electron chi connectivity index (χ0n) is 10.3. The van der Waals surface area contributed by atoms with Crippen LogP contribution in [0.3, 0.4) is 0 Å². The second-order valence-corrected chi connectivity index (χ2v) is 4.75. The average molecular weight is 234 g/mol. The number of anilines is 1. The molecule has 1 aromatic heterocycles. The van der Waals surface area contributed by atoms with E-state index < -0.39 is 5.97 Å². The van der Waals surface area contributed by atoms with Gasteiger partial charge < -0.3 is 10.0 Å². The van der Waals surface area contributed by atoms with E-state index in [-0.39, 0.29) is 0 Å². The van der Waals surface area contributed by atoms with Gasteiger partial charge in [-0.05, 0) is 31.7 Å². The standard InChI is InChI=1S/C13H18N2O2/c1-9-4-3-7-15(10(9)2)12-8-14-6-5-11(12)13(16)17/h5-6,8-10H,3-4,7H2,1-2H3,(H,16,17). The van der Waals surface area contributed by atoms with Crippen molar-refractivity contribution in [2.75, 3.05) is 11.4 Å². The molecule has 2 rings (SSSR count). The van der Waals surface area contributed by atoms with Crippen LogP contribution in [-0.2, 0) is 0 Å². The monoisotopic (exact) mass is 234 g/mol. The Bertz CT molecular complexity index is 420. The molecule has 1 saturated heterocycles. The highest BCUT2D eigenvalue weighted by Crippen LogP contribution is 2.30. The van der Waals surface area contributed by atoms with Gasteiger partial charge in [0.2, 0.25) is 0 Å². The number of aromatic nitrogens is 1. The lowest BCUT2D eigenvalue weighted by molar-refractivity contribution is 0.0697. The summed E-state index contributed by atoms with van der Waals surface area (Å²) in [4.78, 5) is 17.4. The van der Waals surface area contributed by atoms with Gasteiger partial charge in [0.15, 0.2) is 0 Å². The molecule has 0 spiro atoms. The number of carbonyl (C=O) groups is 1. The lowest BCUT2D eigenvalue weighted by Gasteiger charge is -2.39. The molecule has 17 heavy (non-hydrogen) atoms. The third-order valence-electron chi connectivity index (χ3n) is 3.71. The Labute approximate surface area is 101 Å². The summed E-state index contributed by atoms with van der Waals surface area (Å²) < 4.78 is 0. The quantitative estimate of drug-likeness (QED) is 0.853. The van der Waals surface area contributed by atoms with Crippen LogP contribution in [0.1, 0.15) is 37.0 Å². The molecule has 0 aromatic carbocycles. The molecule has 1 aliphatic heterocycles. The van der Waals surface area contributed by atoms with Crippen LogP contribution in [0.4, 0.5) is 5.69 Å². The van der Waals surface area contributed by atoms with Crippen LogP contribution in [0.15, 0.2) is 18.5 Å². The van der Waals surface area contributed by atoms with Crippen molar-refractivity contribution in [3.05, 3.63) is 24.0 Å². The maximum absolute atomic E-state index is 11.2. The van der Waals surface area contributed by atoms with E-state index >= 15 is 0 Å². The molecule has 2 unspecified atom stereocenters. The molecule has 2 atom stereocenters. The number of carboxylic acid groups (broad SMARTS) is 1. The Morgan fingerprint density at radius 3 is 3.00 bits per heavy atom. The van der Waals surface area contributed by atoms with Gasteiger partial charge in [-0.15, -0.1) is 0 Å². The highest BCUT2D eigenvalue weighted by Gasteiger charge is 2.27. The van der Waals surface area contributed by atoms with E-state index in [1.165, 1.54) is 12.6 Å². The lowest BCUT2D eigenvalue weighted by atomic mass is 9.91. The summed E-state index contributed by atoms with van der Waals surface area (Å²) in [5.41, 5.74) is 1.10. The lowest BCUT2D eigenvalue weighted by Crippen LogP contribution is -2.43. The van der Waals surface area contributed by atoms with Crippen LogP contribution in [0, 0.1) is 5.92 Å². The molecular weight excluding hydrogens is 216 g/mol. The summed E-state index contributed by atoms with van der Waals surface area (Å²) in [5, 5.41) is 9.19. The number of carboxylic acids is 1. The summed E-state index contributed by atoms with van der Waals surface area (Å²) in [6.07, 6.45) is 5.52. The zero-order chi connectivity index (χ0) is 12.4. The van der Waals surface area contributed by atoms with Gasteiger partial charge in [0.1, 0.15) is 0 Å². The van der Waals surface area contributed by atoms with E-state index in [4.69, 9.17) is 0 Å². The summed E-state index contributed by atoms with van der Waals surface area (Å²) >= 11 is 0. The summed E-state index contributed by atoms with van der Waals surface area (Å²) in [6.45, 7) is 5.29. The van der Waals surface area contributed by atoms with Crippen molar-refractivity contribution >= 4 is 11.7 Å². The van der Waals surface area contributed by atoms with Crippen molar-refractivity contribution in [1.29, 1.82) is 0 Å². The van der Waals surface area contributed by atoms with Gasteiger partial charge >= 0.3 is 5.97 Å². The minimum absolute atomic E-state index is 0.348. The third-order valence-corrected chi connectivity index (χ3v) is 3.71. The van der Waals surface area contributed by atoms with Gasteiger partial charge in [0, 0.05) is 18.8 Å². The number of piperidine rings is 1. The number of aromatic carboxylic acids is 1. The SMILES string of the molecule is CC1CCCN(c2cnccc2C(=O)O)C1C. The Morgan fingerprint density at radius 1 is 1.53 bits per heavy atom. The van der Waals surface area contributed by atoms with E-state index in [0.717, 1.165) is 18.7 Å². The van der Waals surface area contributed by atoms with Gasteiger partial charge in [0.05, 0.1) is 17.4 Å². The first-order valence-corrected chi connectivity index (χ1v) is 6.05. The first-order valence-electron chi connectivity index (χ1n) is 6.05. The molecule has 0 saturated carbocycles. The van der Waals surface area contributed by atoms with E-state index in [1.807, 2.05) is 0 Å². The maximum Gasteiger partial charge on any atom is 0.337 e. The molecule has 92 valence electrons. The van der Waals surface area contributed by atoms with Crippen LogP contribution < -0.4 is 4.90 Å². The smallest absolute Gasteiger partial charge is 0.337 e. The minimum Gasteiger partial charge on any atom is -0.478 e. The molecule has 0 amide bonds. The van der Waals surface area contributed by atoms with E-state index in [2.05, 4.69) is 23.7 Å². The molecule has 0 bridgehead atoms. The Hall–Kier alpha value is -1.58. The van der Waals surface area contributed by atoms with Crippen molar-refractivity contribution < 1.29 is 9.90 Å². The molecule has 1 aliphatic rings. The largest absolute Gasteiger partial charge is 0.478 e. The Balaban J connectivity index is 2.36. The topological polar surface area (TPSA) is 53.4 Å². The van der Waals surface area contributed by atoms with E-state index in [9.17, 15) is 9.90 Å². The third kappa shape index (κ3) is 2.25. The Morgan fingerprint density at radius 2 is 2.29 bits per heavy atom. The van der Waals surface area contributed by atoms with Crippen molar-refractivity contribution in [1.82, 2.24) is 4.98 Å². The highest BCUT2D eigenvalue weighted by atomic mass is 16.4. The van der Waals surface area contributed by atoms with E-state index in [0.29, 0.717) is 17.5 Å². The molecule has 0 aliphatic carbocycles. The van der Waals surface area contributed by atoms with Gasteiger partial charge in [-0.3, -0.25) is 4.98 Å².